The van der Waals surface area contributed by atoms with Crippen LogP contribution in [-0.4, -0.2) is 53.1 Å². The molecule has 0 unspecified atom stereocenters. The third-order valence-corrected chi connectivity index (χ3v) is 5.76. The molecule has 2 aromatic carbocycles. The van der Waals surface area contributed by atoms with Gasteiger partial charge in [0.2, 0.25) is 0 Å². The van der Waals surface area contributed by atoms with Crippen LogP contribution in [0.15, 0.2) is 55.0 Å². The first-order valence-corrected chi connectivity index (χ1v) is 12.0. The quantitative estimate of drug-likeness (QED) is 0.326. The molecule has 2 heterocycles. The molecule has 0 aliphatic carbocycles. The fourth-order valence-electron chi connectivity index (χ4n) is 3.97. The van der Waals surface area contributed by atoms with Crippen LogP contribution in [0.4, 0.5) is 11.4 Å². The number of anilines is 2. The van der Waals surface area contributed by atoms with E-state index < -0.39 is 0 Å². The number of fused-ring (bicyclic) bond motifs is 1. The third-order valence-electron chi connectivity index (χ3n) is 5.76. The Morgan fingerprint density at radius 3 is 2.43 bits per heavy atom. The van der Waals surface area contributed by atoms with Gasteiger partial charge in [0, 0.05) is 67.0 Å². The van der Waals surface area contributed by atoms with Crippen LogP contribution in [0.25, 0.3) is 22.3 Å². The number of benzene rings is 2. The number of hydrogen-bond donors (Lipinski definition) is 1. The van der Waals surface area contributed by atoms with Crippen molar-refractivity contribution in [2.24, 2.45) is 0 Å². The van der Waals surface area contributed by atoms with Crippen LogP contribution in [-0.2, 0) is 6.54 Å². The smallest absolute Gasteiger partial charge is 0.124 e. The zero-order valence-electron chi connectivity index (χ0n) is 21.2. The number of methoxy groups -OCH3 is 2. The van der Waals surface area contributed by atoms with Gasteiger partial charge in [-0.3, -0.25) is 9.67 Å². The van der Waals surface area contributed by atoms with Gasteiger partial charge in [0.25, 0.3) is 0 Å². The summed E-state index contributed by atoms with van der Waals surface area (Å²) in [6, 6.07) is 12.5. The predicted octanol–water partition coefficient (Wildman–Crippen LogP) is 5.06. The molecule has 0 atom stereocenters. The minimum absolute atomic E-state index is 0.398. The molecule has 35 heavy (non-hydrogen) atoms. The second-order valence-corrected chi connectivity index (χ2v) is 8.75. The van der Waals surface area contributed by atoms with E-state index in [9.17, 15) is 0 Å². The fourth-order valence-corrected chi connectivity index (χ4v) is 3.97. The first kappa shape index (κ1) is 24.5. The lowest BCUT2D eigenvalue weighted by molar-refractivity contribution is 0.394. The summed E-state index contributed by atoms with van der Waals surface area (Å²) in [6.07, 6.45) is 6.72. The number of aryl methyl sites for hydroxylation is 1. The summed E-state index contributed by atoms with van der Waals surface area (Å²) < 4.78 is 13.0. The normalized spacial score (nSPS) is 11.3. The van der Waals surface area contributed by atoms with E-state index in [0.29, 0.717) is 6.04 Å². The zero-order valence-corrected chi connectivity index (χ0v) is 21.2. The van der Waals surface area contributed by atoms with Crippen molar-refractivity contribution in [1.82, 2.24) is 25.1 Å². The van der Waals surface area contributed by atoms with Crippen molar-refractivity contribution in [3.63, 3.8) is 0 Å². The summed E-state index contributed by atoms with van der Waals surface area (Å²) in [5.74, 6) is 1.49. The Labute approximate surface area is 206 Å². The molecule has 0 fully saturated rings. The van der Waals surface area contributed by atoms with Crippen molar-refractivity contribution >= 4 is 22.4 Å². The fraction of sp³-hybridized carbons (Fsp3) is 0.370. The minimum Gasteiger partial charge on any atom is -0.497 e. The molecule has 1 N–H and O–H groups in total. The van der Waals surface area contributed by atoms with Crippen LogP contribution >= 0.6 is 0 Å². The summed E-state index contributed by atoms with van der Waals surface area (Å²) in [6.45, 7) is 8.89. The van der Waals surface area contributed by atoms with E-state index in [4.69, 9.17) is 14.5 Å². The molecule has 0 saturated heterocycles. The van der Waals surface area contributed by atoms with Gasteiger partial charge in [0.15, 0.2) is 0 Å². The summed E-state index contributed by atoms with van der Waals surface area (Å²) in [7, 11) is 3.33. The Kier molecular flexibility index (Phi) is 7.82. The number of aromatic nitrogens is 4. The number of hydrogen-bond acceptors (Lipinski definition) is 7. The molecule has 4 rings (SSSR count). The highest BCUT2D eigenvalue weighted by atomic mass is 16.5. The van der Waals surface area contributed by atoms with Gasteiger partial charge in [-0.1, -0.05) is 20.8 Å². The van der Waals surface area contributed by atoms with Crippen LogP contribution in [0.1, 0.15) is 27.2 Å². The lowest BCUT2D eigenvalue weighted by atomic mass is 10.2. The average molecular weight is 475 g/mol. The van der Waals surface area contributed by atoms with E-state index in [2.05, 4.69) is 53.2 Å². The minimum atomic E-state index is 0.398. The van der Waals surface area contributed by atoms with Gasteiger partial charge in [-0.15, -0.1) is 0 Å². The molecular weight excluding hydrogens is 440 g/mol. The molecule has 2 aromatic heterocycles. The van der Waals surface area contributed by atoms with Crippen LogP contribution in [0, 0.1) is 0 Å². The average Bonchev–Trinajstić information content (AvgIpc) is 3.34. The summed E-state index contributed by atoms with van der Waals surface area (Å²) >= 11 is 0. The lowest BCUT2D eigenvalue weighted by Crippen LogP contribution is -2.32. The second kappa shape index (κ2) is 11.2. The Morgan fingerprint density at radius 2 is 1.74 bits per heavy atom. The highest BCUT2D eigenvalue weighted by Crippen LogP contribution is 2.34. The highest BCUT2D eigenvalue weighted by molar-refractivity contribution is 5.82. The van der Waals surface area contributed by atoms with Gasteiger partial charge in [-0.05, 0) is 24.6 Å². The van der Waals surface area contributed by atoms with Crippen molar-refractivity contribution in [3.05, 3.63) is 55.0 Å². The third kappa shape index (κ3) is 5.89. The molecule has 0 spiro atoms. The first-order chi connectivity index (χ1) is 17.0. The summed E-state index contributed by atoms with van der Waals surface area (Å²) in [5, 5.41) is 7.95. The van der Waals surface area contributed by atoms with Gasteiger partial charge >= 0.3 is 0 Å². The van der Waals surface area contributed by atoms with E-state index in [-0.39, 0.29) is 0 Å². The van der Waals surface area contributed by atoms with E-state index in [0.717, 1.165) is 71.2 Å². The molecule has 0 aliphatic heterocycles. The Bertz CT molecular complexity index is 1250. The molecule has 0 aliphatic rings. The van der Waals surface area contributed by atoms with Gasteiger partial charge < -0.3 is 19.7 Å². The molecule has 8 heteroatoms. The van der Waals surface area contributed by atoms with Gasteiger partial charge in [0.1, 0.15) is 11.5 Å². The molecule has 0 amide bonds. The van der Waals surface area contributed by atoms with Crippen molar-refractivity contribution in [2.75, 3.05) is 32.2 Å². The number of nitrogens with one attached hydrogen (secondary N) is 1. The Hall–Kier alpha value is -3.65. The Balaban J connectivity index is 1.73. The van der Waals surface area contributed by atoms with Crippen molar-refractivity contribution in [2.45, 2.75) is 39.8 Å². The zero-order chi connectivity index (χ0) is 24.8. The van der Waals surface area contributed by atoms with Crippen molar-refractivity contribution < 1.29 is 9.47 Å². The van der Waals surface area contributed by atoms with Crippen LogP contribution in [0.5, 0.6) is 11.5 Å². The lowest BCUT2D eigenvalue weighted by Gasteiger charge is -2.27. The molecule has 8 nitrogen and oxygen atoms in total. The molecular formula is C27H34N6O2. The molecule has 0 radical (unpaired) electrons. The second-order valence-electron chi connectivity index (χ2n) is 8.75. The summed E-state index contributed by atoms with van der Waals surface area (Å²) in [5.41, 5.74) is 5.46. The van der Waals surface area contributed by atoms with Gasteiger partial charge in [0.05, 0.1) is 43.3 Å². The maximum atomic E-state index is 5.53. The molecule has 4 aromatic rings. The van der Waals surface area contributed by atoms with Gasteiger partial charge in [-0.2, -0.15) is 5.10 Å². The predicted molar refractivity (Wildman–Crippen MR) is 141 cm³/mol. The largest absolute Gasteiger partial charge is 0.497 e. The van der Waals surface area contributed by atoms with E-state index in [1.807, 2.05) is 47.5 Å². The van der Waals surface area contributed by atoms with Crippen LogP contribution in [0.2, 0.25) is 0 Å². The molecule has 184 valence electrons. The topological polar surface area (TPSA) is 77.3 Å². The molecule has 0 saturated carbocycles. The monoisotopic (exact) mass is 474 g/mol. The number of ether oxygens (including phenoxy) is 2. The highest BCUT2D eigenvalue weighted by Gasteiger charge is 2.15. The van der Waals surface area contributed by atoms with Crippen LogP contribution in [0.3, 0.4) is 0 Å². The van der Waals surface area contributed by atoms with Crippen molar-refractivity contribution in [1.29, 1.82) is 0 Å². The Morgan fingerprint density at radius 1 is 0.971 bits per heavy atom. The van der Waals surface area contributed by atoms with Crippen LogP contribution < -0.4 is 19.7 Å². The number of rotatable bonds is 11. The summed E-state index contributed by atoms with van der Waals surface area (Å²) in [4.78, 5) is 11.8. The standard InChI is InChI=1S/C27H34N6O2/c1-6-10-32-18-20(16-30-32)27-17-29-25-8-7-21(14-26(25)31-27)33(11-9-28-19(2)3)22-12-23(34-4)15-24(13-22)35-5/h7-8,12-19,28H,6,9-11H2,1-5H3. The SMILES string of the molecule is CCCn1cc(-c2cnc3ccc(N(CCNC(C)C)c4cc(OC)cc(OC)c4)cc3n2)cn1. The van der Waals surface area contributed by atoms with Crippen molar-refractivity contribution in [3.8, 4) is 22.8 Å². The van der Waals surface area contributed by atoms with E-state index in [1.54, 1.807) is 14.2 Å². The first-order valence-electron chi connectivity index (χ1n) is 12.0. The number of nitrogens with zero attached hydrogens (tertiary/aromatic N) is 5. The van der Waals surface area contributed by atoms with E-state index in [1.165, 1.54) is 0 Å². The maximum Gasteiger partial charge on any atom is 0.124 e. The molecule has 0 bridgehead atoms. The maximum absolute atomic E-state index is 5.53. The van der Waals surface area contributed by atoms with Gasteiger partial charge in [-0.25, -0.2) is 4.98 Å². The van der Waals surface area contributed by atoms with E-state index >= 15 is 0 Å².